The first kappa shape index (κ1) is 65.3. The number of carbonyl (C=O) groups excluding carboxylic acids is 3. The summed E-state index contributed by atoms with van der Waals surface area (Å²) < 4.78 is 16.8. The van der Waals surface area contributed by atoms with E-state index in [2.05, 4.69) is 57.2 Å². The fourth-order valence-electron chi connectivity index (χ4n) is 7.90. The molecule has 0 fully saturated rings. The van der Waals surface area contributed by atoms with E-state index in [-0.39, 0.29) is 82.5 Å². The molecule has 0 aliphatic carbocycles. The van der Waals surface area contributed by atoms with Crippen LogP contribution in [-0.4, -0.2) is 88.6 Å². The third-order valence-corrected chi connectivity index (χ3v) is 12.1. The number of ether oxygens (including phenoxy) is 3. The normalized spacial score (nSPS) is 11.6. The molecule has 0 N–H and O–H groups in total. The zero-order valence-corrected chi connectivity index (χ0v) is 42.1. The summed E-state index contributed by atoms with van der Waals surface area (Å²) in [6, 6.07) is 0. The summed E-state index contributed by atoms with van der Waals surface area (Å²) in [7, 11) is 0. The van der Waals surface area contributed by atoms with Crippen molar-refractivity contribution in [2.75, 3.05) is 13.2 Å². The Balaban J connectivity index is 0. The molecule has 0 aliphatic rings. The molecule has 0 aromatic rings. The molecule has 370 valence electrons. The molecule has 0 atom stereocenters. The summed E-state index contributed by atoms with van der Waals surface area (Å²) in [5.74, 6) is -0.893. The molecule has 0 saturated carbocycles. The zero-order chi connectivity index (χ0) is 45.8. The van der Waals surface area contributed by atoms with Gasteiger partial charge >= 0.3 is 69.3 Å². The molecule has 0 aromatic heterocycles. The van der Waals surface area contributed by atoms with Gasteiger partial charge in [-0.25, -0.2) is 0 Å². The maximum atomic E-state index is 12.8. The fraction of sp³-hybridized carbons (Fsp3) is 0.842. The van der Waals surface area contributed by atoms with Crippen LogP contribution in [0.4, 0.5) is 0 Å². The average Bonchev–Trinajstić information content (AvgIpc) is 3.28. The minimum atomic E-state index is -0.781. The van der Waals surface area contributed by atoms with Gasteiger partial charge in [-0.1, -0.05) is 211 Å². The third kappa shape index (κ3) is 53.9. The number of hydrogen-bond donors (Lipinski definition) is 0. The molecule has 0 amide bonds. The van der Waals surface area contributed by atoms with E-state index in [0.717, 1.165) is 77.0 Å². The Bertz CT molecular complexity index is 1010. The summed E-state index contributed by atoms with van der Waals surface area (Å²) in [4.78, 5) is 38.0. The van der Waals surface area contributed by atoms with Crippen LogP contribution in [0.3, 0.4) is 0 Å². The van der Waals surface area contributed by atoms with Crippen molar-refractivity contribution in [1.29, 1.82) is 0 Å². The van der Waals surface area contributed by atoms with Crippen molar-refractivity contribution < 1.29 is 28.6 Å². The second kappa shape index (κ2) is 56.6. The molecular weight excluding hydrogens is 820 g/mol. The maximum absolute atomic E-state index is 12.8. The van der Waals surface area contributed by atoms with Gasteiger partial charge in [0.05, 0.1) is 0 Å². The molecule has 0 aromatic carbocycles. The van der Waals surface area contributed by atoms with Crippen molar-refractivity contribution in [1.82, 2.24) is 0 Å². The summed E-state index contributed by atoms with van der Waals surface area (Å²) in [5.41, 5.74) is 0. The number of unbranched alkanes of at least 4 members (excludes halogenated alkanes) is 33. The van der Waals surface area contributed by atoms with Crippen molar-refractivity contribution in [2.45, 2.75) is 297 Å². The van der Waals surface area contributed by atoms with Gasteiger partial charge in [-0.2, -0.15) is 0 Å². The predicted octanol–water partition coefficient (Wildman–Crippen LogP) is 17.4. The quantitative estimate of drug-likeness (QED) is 0.0199. The first-order valence-electron chi connectivity index (χ1n) is 27.5. The van der Waals surface area contributed by atoms with Crippen molar-refractivity contribution >= 4 is 69.3 Å². The molecule has 0 saturated heterocycles. The summed E-state index contributed by atoms with van der Waals surface area (Å²) in [5, 5.41) is 0. The Kier molecular flexibility index (Phi) is 57.8. The van der Waals surface area contributed by atoms with Gasteiger partial charge < -0.3 is 14.2 Å². The van der Waals surface area contributed by atoms with Crippen LogP contribution in [0.2, 0.25) is 0 Å². The van der Waals surface area contributed by atoms with E-state index < -0.39 is 6.10 Å². The Labute approximate surface area is 440 Å². The standard InChI is InChI=1S/C57H104O6.K.H/c1-4-7-10-13-16-19-22-25-28-31-34-37-40-43-46-49-55(58)61-52-54(63-57(60)51-48-45-42-39-36-33-30-27-24-21-18-15-12-9-6-3)53-62-56(59)50-47-44-41-38-35-32-29-26-23-20-17-14-11-8-5-2;;/h25-30,54H,4-24,31-53H2,1-3H3;;/b28-25+,29-26+,30-27+;;. The minimum absolute atomic E-state index is 0. The van der Waals surface area contributed by atoms with E-state index in [0.29, 0.717) is 19.3 Å². The molecule has 7 heteroatoms. The van der Waals surface area contributed by atoms with Crippen molar-refractivity contribution in [3.63, 3.8) is 0 Å². The van der Waals surface area contributed by atoms with Crippen LogP contribution in [-0.2, 0) is 28.6 Å². The van der Waals surface area contributed by atoms with Crippen LogP contribution in [0.1, 0.15) is 290 Å². The van der Waals surface area contributed by atoms with Gasteiger partial charge in [0.15, 0.2) is 6.10 Å². The summed E-state index contributed by atoms with van der Waals surface area (Å²) in [6.45, 7) is 6.63. The van der Waals surface area contributed by atoms with Gasteiger partial charge in [-0.05, 0) is 96.3 Å². The number of carbonyl (C=O) groups is 3. The molecule has 0 bridgehead atoms. The van der Waals surface area contributed by atoms with Crippen molar-refractivity contribution in [2.24, 2.45) is 0 Å². The average molecular weight is 926 g/mol. The zero-order valence-electron chi connectivity index (χ0n) is 42.1. The van der Waals surface area contributed by atoms with Crippen LogP contribution in [0, 0.1) is 0 Å². The molecule has 0 aliphatic heterocycles. The van der Waals surface area contributed by atoms with Crippen LogP contribution in [0.15, 0.2) is 36.5 Å². The second-order valence-electron chi connectivity index (χ2n) is 18.5. The molecule has 0 rings (SSSR count). The van der Waals surface area contributed by atoms with Gasteiger partial charge in [-0.3, -0.25) is 14.4 Å². The topological polar surface area (TPSA) is 78.9 Å². The molecule has 64 heavy (non-hydrogen) atoms. The number of allylic oxidation sites excluding steroid dienone is 6. The predicted molar refractivity (Wildman–Crippen MR) is 277 cm³/mol. The first-order valence-corrected chi connectivity index (χ1v) is 27.5. The van der Waals surface area contributed by atoms with Gasteiger partial charge in [0.2, 0.25) is 0 Å². The van der Waals surface area contributed by atoms with E-state index in [4.69, 9.17) is 14.2 Å². The molecule has 0 radical (unpaired) electrons. The van der Waals surface area contributed by atoms with E-state index in [1.54, 1.807) is 0 Å². The Hall–Kier alpha value is -0.734. The summed E-state index contributed by atoms with van der Waals surface area (Å²) in [6.07, 6.45) is 61.2. The molecule has 0 unspecified atom stereocenters. The SMILES string of the molecule is CCCCCCCC/C=C/CCCCCCCC(=O)OCC(COC(=O)CCCCCCC/C=C/CCCCCCCC)OC(=O)CCCCCCC/C=C/CCCCCCCC.[KH]. The molecule has 0 heterocycles. The van der Waals surface area contributed by atoms with E-state index in [9.17, 15) is 14.4 Å². The van der Waals surface area contributed by atoms with Crippen LogP contribution in [0.5, 0.6) is 0 Å². The summed E-state index contributed by atoms with van der Waals surface area (Å²) >= 11 is 0. The van der Waals surface area contributed by atoms with Crippen LogP contribution < -0.4 is 0 Å². The Morgan fingerprint density at radius 2 is 0.531 bits per heavy atom. The van der Waals surface area contributed by atoms with Gasteiger partial charge in [0, 0.05) is 19.3 Å². The monoisotopic (exact) mass is 925 g/mol. The molecule has 6 nitrogen and oxygen atoms in total. The van der Waals surface area contributed by atoms with E-state index >= 15 is 0 Å². The van der Waals surface area contributed by atoms with E-state index in [1.165, 1.54) is 173 Å². The number of esters is 3. The number of hydrogen-bond acceptors (Lipinski definition) is 6. The van der Waals surface area contributed by atoms with Crippen molar-refractivity contribution in [3.05, 3.63) is 36.5 Å². The Morgan fingerprint density at radius 1 is 0.312 bits per heavy atom. The number of rotatable bonds is 50. The van der Waals surface area contributed by atoms with Gasteiger partial charge in [0.25, 0.3) is 0 Å². The van der Waals surface area contributed by atoms with Gasteiger partial charge in [0.1, 0.15) is 13.2 Å². The third-order valence-electron chi connectivity index (χ3n) is 12.1. The fourth-order valence-corrected chi connectivity index (χ4v) is 7.90. The van der Waals surface area contributed by atoms with Crippen molar-refractivity contribution in [3.8, 4) is 0 Å². The Morgan fingerprint density at radius 3 is 0.797 bits per heavy atom. The van der Waals surface area contributed by atoms with Gasteiger partial charge in [-0.15, -0.1) is 0 Å². The molecule has 0 spiro atoms. The van der Waals surface area contributed by atoms with Crippen LogP contribution in [0.25, 0.3) is 0 Å². The molecular formula is C57H105KO6. The van der Waals surface area contributed by atoms with Crippen LogP contribution >= 0.6 is 0 Å². The second-order valence-corrected chi connectivity index (χ2v) is 18.5. The first-order chi connectivity index (χ1) is 31.0. The van der Waals surface area contributed by atoms with E-state index in [1.807, 2.05) is 0 Å².